The lowest BCUT2D eigenvalue weighted by molar-refractivity contribution is -0.137. The third-order valence-electron chi connectivity index (χ3n) is 3.23. The zero-order valence-electron chi connectivity index (χ0n) is 12.9. The second-order valence-electron chi connectivity index (χ2n) is 5.04. The summed E-state index contributed by atoms with van der Waals surface area (Å²) in [5, 5.41) is 15.3. The number of amides is 1. The Morgan fingerprint density at radius 1 is 1.26 bits per heavy atom. The molecule has 1 amide bonds. The van der Waals surface area contributed by atoms with Crippen molar-refractivity contribution < 1.29 is 19.4 Å². The Bertz CT molecular complexity index is 664. The first-order valence-electron chi connectivity index (χ1n) is 7.25. The molecule has 1 heterocycles. The van der Waals surface area contributed by atoms with Crippen molar-refractivity contribution in [1.29, 1.82) is 0 Å². The minimum absolute atomic E-state index is 0.140. The lowest BCUT2D eigenvalue weighted by Crippen LogP contribution is -2.13. The van der Waals surface area contributed by atoms with E-state index in [0.29, 0.717) is 18.7 Å². The van der Waals surface area contributed by atoms with Gasteiger partial charge in [-0.2, -0.15) is 5.10 Å². The maximum atomic E-state index is 11.8. The maximum Gasteiger partial charge on any atom is 0.325 e. The third kappa shape index (κ3) is 5.46. The van der Waals surface area contributed by atoms with E-state index < -0.39 is 5.97 Å². The number of methoxy groups -OCH3 is 1. The van der Waals surface area contributed by atoms with Crippen LogP contribution < -0.4 is 10.1 Å². The molecule has 0 unspecified atom stereocenters. The first-order chi connectivity index (χ1) is 11.1. The number of nitrogens with one attached hydrogen (secondary N) is 1. The van der Waals surface area contributed by atoms with E-state index in [9.17, 15) is 9.59 Å². The van der Waals surface area contributed by atoms with Gasteiger partial charge in [0.05, 0.1) is 7.11 Å². The smallest absolute Gasteiger partial charge is 0.325 e. The molecular weight excluding hydrogens is 298 g/mol. The van der Waals surface area contributed by atoms with E-state index in [-0.39, 0.29) is 12.5 Å². The summed E-state index contributed by atoms with van der Waals surface area (Å²) < 4.78 is 6.35. The number of carbonyl (C=O) groups excluding carboxylic acids is 1. The van der Waals surface area contributed by atoms with Crippen molar-refractivity contribution in [2.24, 2.45) is 0 Å². The lowest BCUT2D eigenvalue weighted by atomic mass is 10.1. The van der Waals surface area contributed by atoms with E-state index >= 15 is 0 Å². The van der Waals surface area contributed by atoms with E-state index in [1.54, 1.807) is 13.2 Å². The number of hydrogen-bond donors (Lipinski definition) is 2. The van der Waals surface area contributed by atoms with Gasteiger partial charge in [-0.3, -0.25) is 14.3 Å². The molecule has 7 nitrogen and oxygen atoms in total. The van der Waals surface area contributed by atoms with Crippen LogP contribution in [0.3, 0.4) is 0 Å². The van der Waals surface area contributed by atoms with Crippen molar-refractivity contribution in [2.45, 2.75) is 25.8 Å². The Hall–Kier alpha value is -2.83. The first-order valence-corrected chi connectivity index (χ1v) is 7.25. The van der Waals surface area contributed by atoms with Crippen molar-refractivity contribution in [1.82, 2.24) is 9.78 Å². The molecule has 0 saturated heterocycles. The summed E-state index contributed by atoms with van der Waals surface area (Å²) in [7, 11) is 1.62. The summed E-state index contributed by atoms with van der Waals surface area (Å²) in [6.07, 6.45) is 3.40. The average molecular weight is 317 g/mol. The number of ether oxygens (including phenoxy) is 1. The molecule has 23 heavy (non-hydrogen) atoms. The number of hydrogen-bond acceptors (Lipinski definition) is 4. The van der Waals surface area contributed by atoms with E-state index in [1.165, 1.54) is 10.9 Å². The fourth-order valence-electron chi connectivity index (χ4n) is 2.11. The van der Waals surface area contributed by atoms with Gasteiger partial charge in [-0.25, -0.2) is 0 Å². The monoisotopic (exact) mass is 317 g/mol. The van der Waals surface area contributed by atoms with Crippen molar-refractivity contribution in [2.75, 3.05) is 12.4 Å². The van der Waals surface area contributed by atoms with Crippen LogP contribution in [-0.2, 0) is 22.6 Å². The van der Waals surface area contributed by atoms with E-state index in [2.05, 4.69) is 10.4 Å². The van der Waals surface area contributed by atoms with Gasteiger partial charge in [0.2, 0.25) is 5.91 Å². The first kappa shape index (κ1) is 16.5. The normalized spacial score (nSPS) is 10.3. The molecule has 1 aromatic heterocycles. The molecule has 0 aliphatic carbocycles. The number of anilines is 1. The summed E-state index contributed by atoms with van der Waals surface area (Å²) in [6.45, 7) is -0.229. The van der Waals surface area contributed by atoms with Crippen LogP contribution in [0.15, 0.2) is 36.5 Å². The van der Waals surface area contributed by atoms with Crippen LogP contribution in [0, 0.1) is 0 Å². The zero-order chi connectivity index (χ0) is 16.7. The number of carboxylic acid groups (broad SMARTS) is 1. The Morgan fingerprint density at radius 2 is 2.00 bits per heavy atom. The molecule has 122 valence electrons. The Labute approximate surface area is 133 Å². The standard InChI is InChI=1S/C16H19N3O4/c1-23-13-7-5-12(6-8-13)3-2-4-15(20)17-14-9-10-19(18-14)11-16(21)22/h5-10H,2-4,11H2,1H3,(H,21,22)(H,17,18,20). The van der Waals surface area contributed by atoms with Crippen LogP contribution in [0.2, 0.25) is 0 Å². The maximum absolute atomic E-state index is 11.8. The SMILES string of the molecule is COc1ccc(CCCC(=O)Nc2ccn(CC(=O)O)n2)cc1. The molecule has 0 aliphatic rings. The molecule has 0 atom stereocenters. The molecule has 2 N–H and O–H groups in total. The van der Waals surface area contributed by atoms with Crippen molar-refractivity contribution in [3.05, 3.63) is 42.1 Å². The number of benzene rings is 1. The topological polar surface area (TPSA) is 93.5 Å². The highest BCUT2D eigenvalue weighted by atomic mass is 16.5. The Balaban J connectivity index is 1.74. The lowest BCUT2D eigenvalue weighted by Gasteiger charge is -2.04. The van der Waals surface area contributed by atoms with Gasteiger partial charge in [0.1, 0.15) is 12.3 Å². The van der Waals surface area contributed by atoms with Crippen LogP contribution in [0.4, 0.5) is 5.82 Å². The highest BCUT2D eigenvalue weighted by Gasteiger charge is 2.07. The number of aryl methyl sites for hydroxylation is 1. The minimum atomic E-state index is -0.981. The van der Waals surface area contributed by atoms with Gasteiger partial charge in [-0.05, 0) is 30.5 Å². The molecule has 0 aliphatic heterocycles. The third-order valence-corrected chi connectivity index (χ3v) is 3.23. The predicted molar refractivity (Wildman–Crippen MR) is 84.4 cm³/mol. The Morgan fingerprint density at radius 3 is 2.65 bits per heavy atom. The van der Waals surface area contributed by atoms with Crippen molar-refractivity contribution in [3.8, 4) is 5.75 Å². The second-order valence-corrected chi connectivity index (χ2v) is 5.04. The summed E-state index contributed by atoms with van der Waals surface area (Å²) in [6, 6.07) is 9.31. The molecule has 0 spiro atoms. The number of carboxylic acids is 1. The van der Waals surface area contributed by atoms with Gasteiger partial charge < -0.3 is 15.2 Å². The van der Waals surface area contributed by atoms with Gasteiger partial charge in [0.15, 0.2) is 5.82 Å². The number of aliphatic carboxylic acids is 1. The van der Waals surface area contributed by atoms with Crippen LogP contribution >= 0.6 is 0 Å². The van der Waals surface area contributed by atoms with Gasteiger partial charge >= 0.3 is 5.97 Å². The summed E-state index contributed by atoms with van der Waals surface area (Å²) in [5.41, 5.74) is 1.14. The summed E-state index contributed by atoms with van der Waals surface area (Å²) in [4.78, 5) is 22.4. The molecule has 7 heteroatoms. The molecule has 2 aromatic rings. The summed E-state index contributed by atoms with van der Waals surface area (Å²) in [5.74, 6) is 0.0497. The largest absolute Gasteiger partial charge is 0.497 e. The van der Waals surface area contributed by atoms with Crippen molar-refractivity contribution in [3.63, 3.8) is 0 Å². The zero-order valence-corrected chi connectivity index (χ0v) is 12.9. The van der Waals surface area contributed by atoms with Crippen molar-refractivity contribution >= 4 is 17.7 Å². The van der Waals surface area contributed by atoms with E-state index in [0.717, 1.165) is 17.7 Å². The highest BCUT2D eigenvalue weighted by molar-refractivity contribution is 5.89. The average Bonchev–Trinajstić information content (AvgIpc) is 2.94. The number of aromatic nitrogens is 2. The molecule has 1 aromatic carbocycles. The molecule has 2 rings (SSSR count). The molecule has 0 radical (unpaired) electrons. The van der Waals surface area contributed by atoms with Crippen LogP contribution in [0.5, 0.6) is 5.75 Å². The van der Waals surface area contributed by atoms with Gasteiger partial charge in [-0.1, -0.05) is 12.1 Å². The van der Waals surface area contributed by atoms with E-state index in [4.69, 9.17) is 9.84 Å². The number of nitrogens with zero attached hydrogens (tertiary/aromatic N) is 2. The fourth-order valence-corrected chi connectivity index (χ4v) is 2.11. The van der Waals surface area contributed by atoms with Gasteiger partial charge in [0, 0.05) is 18.7 Å². The quantitative estimate of drug-likeness (QED) is 0.776. The van der Waals surface area contributed by atoms with Gasteiger partial charge in [0.25, 0.3) is 0 Å². The van der Waals surface area contributed by atoms with Gasteiger partial charge in [-0.15, -0.1) is 0 Å². The van der Waals surface area contributed by atoms with Crippen LogP contribution in [-0.4, -0.2) is 33.9 Å². The Kier molecular flexibility index (Phi) is 5.74. The molecule has 0 fully saturated rings. The molecule has 0 bridgehead atoms. The summed E-state index contributed by atoms with van der Waals surface area (Å²) >= 11 is 0. The highest BCUT2D eigenvalue weighted by Crippen LogP contribution is 2.13. The number of carbonyl (C=O) groups is 2. The molecular formula is C16H19N3O4. The number of rotatable bonds is 8. The van der Waals surface area contributed by atoms with Crippen LogP contribution in [0.25, 0.3) is 0 Å². The molecule has 0 saturated carbocycles. The fraction of sp³-hybridized carbons (Fsp3) is 0.312. The second kappa shape index (κ2) is 7.98. The van der Waals surface area contributed by atoms with E-state index in [1.807, 2.05) is 24.3 Å². The predicted octanol–water partition coefficient (Wildman–Crippen LogP) is 1.94. The van der Waals surface area contributed by atoms with Crippen LogP contribution in [0.1, 0.15) is 18.4 Å². The minimum Gasteiger partial charge on any atom is -0.497 e.